The van der Waals surface area contributed by atoms with Crippen molar-refractivity contribution >= 4 is 11.7 Å². The molecule has 1 aliphatic rings. The Bertz CT molecular complexity index is 583. The van der Waals surface area contributed by atoms with Crippen molar-refractivity contribution in [2.45, 2.75) is 32.3 Å². The highest BCUT2D eigenvalue weighted by Gasteiger charge is 2.32. The fourth-order valence-electron chi connectivity index (χ4n) is 3.10. The lowest BCUT2D eigenvalue weighted by molar-refractivity contribution is -0.274. The highest BCUT2D eigenvalue weighted by molar-refractivity contribution is 5.89. The molecule has 0 spiro atoms. The molecule has 1 fully saturated rings. The Labute approximate surface area is 150 Å². The van der Waals surface area contributed by atoms with Crippen molar-refractivity contribution in [1.82, 2.24) is 9.80 Å². The highest BCUT2D eigenvalue weighted by Crippen LogP contribution is 2.24. The summed E-state index contributed by atoms with van der Waals surface area (Å²) < 4.78 is 45.4. The van der Waals surface area contributed by atoms with Crippen LogP contribution >= 0.6 is 0 Å². The van der Waals surface area contributed by atoms with Crippen LogP contribution in [0.15, 0.2) is 24.3 Å². The van der Waals surface area contributed by atoms with E-state index in [4.69, 9.17) is 4.74 Å². The number of nitrogens with one attached hydrogen (secondary N) is 1. The fourth-order valence-corrected chi connectivity index (χ4v) is 3.10. The third-order valence-corrected chi connectivity index (χ3v) is 4.28. The first-order valence-electron chi connectivity index (χ1n) is 8.36. The lowest BCUT2D eigenvalue weighted by Crippen LogP contribution is -2.59. The first-order chi connectivity index (χ1) is 12.2. The number of urea groups is 1. The number of carbonyl (C=O) groups excluding carboxylic acids is 1. The van der Waals surface area contributed by atoms with Gasteiger partial charge in [-0.05, 0) is 38.1 Å². The van der Waals surface area contributed by atoms with E-state index in [2.05, 4.69) is 28.8 Å². The van der Waals surface area contributed by atoms with E-state index >= 15 is 0 Å². The molecule has 2 atom stereocenters. The van der Waals surface area contributed by atoms with Crippen LogP contribution in [0, 0.1) is 0 Å². The van der Waals surface area contributed by atoms with Crippen molar-refractivity contribution in [3.05, 3.63) is 24.3 Å². The Hall–Kier alpha value is -2.00. The summed E-state index contributed by atoms with van der Waals surface area (Å²) in [5.41, 5.74) is 0.409. The van der Waals surface area contributed by atoms with Crippen LogP contribution in [0.1, 0.15) is 13.8 Å². The number of amides is 2. The standard InChI is InChI=1S/C17H24F3N3O3/c1-12-10-22(11-13(2)23(12)8-9-25-3)16(24)21-14-4-6-15(7-5-14)26-17(18,19)20/h4-7,12-13H,8-11H2,1-3H3,(H,21,24)/t12-,13+. The highest BCUT2D eigenvalue weighted by atomic mass is 19.4. The van der Waals surface area contributed by atoms with E-state index in [1.165, 1.54) is 12.1 Å². The van der Waals surface area contributed by atoms with E-state index in [1.54, 1.807) is 12.0 Å². The molecule has 1 aromatic rings. The van der Waals surface area contributed by atoms with Gasteiger partial charge < -0.3 is 19.7 Å². The molecule has 2 amide bonds. The number of alkyl halides is 3. The van der Waals surface area contributed by atoms with Crippen LogP contribution in [0.25, 0.3) is 0 Å². The van der Waals surface area contributed by atoms with Gasteiger partial charge in [-0.1, -0.05) is 0 Å². The molecule has 2 rings (SSSR count). The third kappa shape index (κ3) is 5.77. The van der Waals surface area contributed by atoms with Gasteiger partial charge in [-0.25, -0.2) is 4.79 Å². The predicted octanol–water partition coefficient (Wildman–Crippen LogP) is 3.16. The second-order valence-electron chi connectivity index (χ2n) is 6.34. The van der Waals surface area contributed by atoms with E-state index in [0.29, 0.717) is 25.4 Å². The molecule has 26 heavy (non-hydrogen) atoms. The first kappa shape index (κ1) is 20.3. The number of rotatable bonds is 5. The quantitative estimate of drug-likeness (QED) is 0.859. The zero-order chi connectivity index (χ0) is 19.3. The first-order valence-corrected chi connectivity index (χ1v) is 8.36. The lowest BCUT2D eigenvalue weighted by atomic mass is 10.1. The summed E-state index contributed by atoms with van der Waals surface area (Å²) in [5.74, 6) is -0.329. The molecule has 1 N–H and O–H groups in total. The fraction of sp³-hybridized carbons (Fsp3) is 0.588. The van der Waals surface area contributed by atoms with Crippen LogP contribution in [0.3, 0.4) is 0 Å². The number of carbonyl (C=O) groups is 1. The van der Waals surface area contributed by atoms with Gasteiger partial charge in [0.2, 0.25) is 0 Å². The van der Waals surface area contributed by atoms with Crippen molar-refractivity contribution in [2.75, 3.05) is 38.7 Å². The smallest absolute Gasteiger partial charge is 0.406 e. The van der Waals surface area contributed by atoms with E-state index in [1.807, 2.05) is 0 Å². The molecule has 0 aliphatic carbocycles. The van der Waals surface area contributed by atoms with Crippen molar-refractivity contribution in [1.29, 1.82) is 0 Å². The van der Waals surface area contributed by atoms with E-state index in [-0.39, 0.29) is 23.9 Å². The van der Waals surface area contributed by atoms with Gasteiger partial charge >= 0.3 is 12.4 Å². The van der Waals surface area contributed by atoms with Crippen LogP contribution in [0.4, 0.5) is 23.7 Å². The van der Waals surface area contributed by atoms with Gasteiger partial charge in [0.1, 0.15) is 5.75 Å². The average molecular weight is 375 g/mol. The summed E-state index contributed by atoms with van der Waals surface area (Å²) in [4.78, 5) is 16.4. The second-order valence-corrected chi connectivity index (χ2v) is 6.34. The number of piperazine rings is 1. The molecule has 146 valence electrons. The number of halogens is 3. The van der Waals surface area contributed by atoms with Crippen molar-refractivity contribution < 1.29 is 27.4 Å². The average Bonchev–Trinajstić information content (AvgIpc) is 2.54. The summed E-state index contributed by atoms with van der Waals surface area (Å²) in [6.45, 7) is 6.66. The Morgan fingerprint density at radius 1 is 1.19 bits per heavy atom. The molecule has 9 heteroatoms. The van der Waals surface area contributed by atoms with Gasteiger partial charge in [-0.2, -0.15) is 0 Å². The molecule has 0 aromatic heterocycles. The monoisotopic (exact) mass is 375 g/mol. The van der Waals surface area contributed by atoms with Crippen LogP contribution in [-0.4, -0.2) is 67.6 Å². The maximum absolute atomic E-state index is 12.5. The largest absolute Gasteiger partial charge is 0.573 e. The van der Waals surface area contributed by atoms with Gasteiger partial charge in [0.05, 0.1) is 6.61 Å². The maximum Gasteiger partial charge on any atom is 0.573 e. The molecule has 1 aromatic carbocycles. The number of methoxy groups -OCH3 is 1. The lowest BCUT2D eigenvalue weighted by Gasteiger charge is -2.44. The van der Waals surface area contributed by atoms with Gasteiger partial charge in [0.15, 0.2) is 0 Å². The van der Waals surface area contributed by atoms with Gasteiger partial charge in [0.25, 0.3) is 0 Å². The maximum atomic E-state index is 12.5. The molecular weight excluding hydrogens is 351 g/mol. The van der Waals surface area contributed by atoms with Gasteiger partial charge in [-0.3, -0.25) is 4.90 Å². The Balaban J connectivity index is 1.91. The Morgan fingerprint density at radius 2 is 1.77 bits per heavy atom. The topological polar surface area (TPSA) is 54.0 Å². The second kappa shape index (κ2) is 8.59. The van der Waals surface area contributed by atoms with Gasteiger partial charge in [-0.15, -0.1) is 13.2 Å². The summed E-state index contributed by atoms with van der Waals surface area (Å²) in [5, 5.41) is 2.71. The van der Waals surface area contributed by atoms with Crippen LogP contribution in [-0.2, 0) is 4.74 Å². The molecule has 6 nitrogen and oxygen atoms in total. The van der Waals surface area contributed by atoms with Crippen molar-refractivity contribution in [2.24, 2.45) is 0 Å². The summed E-state index contributed by atoms with van der Waals surface area (Å²) >= 11 is 0. The van der Waals surface area contributed by atoms with Crippen molar-refractivity contribution in [3.8, 4) is 5.75 Å². The van der Waals surface area contributed by atoms with E-state index in [0.717, 1.165) is 18.7 Å². The zero-order valence-electron chi connectivity index (χ0n) is 15.0. The number of anilines is 1. The molecule has 0 bridgehead atoms. The number of hydrogen-bond donors (Lipinski definition) is 1. The molecule has 0 unspecified atom stereocenters. The molecular formula is C17H24F3N3O3. The SMILES string of the molecule is COCCN1[C@H](C)CN(C(=O)Nc2ccc(OC(F)(F)F)cc2)C[C@@H]1C. The number of nitrogens with zero attached hydrogens (tertiary/aromatic N) is 2. The molecule has 1 heterocycles. The van der Waals surface area contributed by atoms with Crippen molar-refractivity contribution in [3.63, 3.8) is 0 Å². The van der Waals surface area contributed by atoms with Crippen LogP contribution in [0.2, 0.25) is 0 Å². The third-order valence-electron chi connectivity index (χ3n) is 4.28. The predicted molar refractivity (Wildman–Crippen MR) is 91.2 cm³/mol. The minimum atomic E-state index is -4.74. The van der Waals surface area contributed by atoms with Crippen LogP contribution < -0.4 is 10.1 Å². The minimum absolute atomic E-state index is 0.183. The van der Waals surface area contributed by atoms with E-state index < -0.39 is 6.36 Å². The Kier molecular flexibility index (Phi) is 6.71. The number of benzene rings is 1. The molecule has 0 radical (unpaired) electrons. The molecule has 1 saturated heterocycles. The zero-order valence-corrected chi connectivity index (χ0v) is 15.0. The number of ether oxygens (including phenoxy) is 2. The summed E-state index contributed by atoms with van der Waals surface area (Å²) in [6, 6.07) is 5.17. The number of hydrogen-bond acceptors (Lipinski definition) is 4. The van der Waals surface area contributed by atoms with E-state index in [9.17, 15) is 18.0 Å². The normalized spacial score (nSPS) is 21.5. The van der Waals surface area contributed by atoms with Gasteiger partial charge in [0, 0.05) is 44.5 Å². The molecule has 1 aliphatic heterocycles. The minimum Gasteiger partial charge on any atom is -0.406 e. The summed E-state index contributed by atoms with van der Waals surface area (Å²) in [7, 11) is 1.66. The molecule has 0 saturated carbocycles. The Morgan fingerprint density at radius 3 is 2.27 bits per heavy atom. The summed E-state index contributed by atoms with van der Waals surface area (Å²) in [6.07, 6.45) is -4.74. The van der Waals surface area contributed by atoms with Crippen LogP contribution in [0.5, 0.6) is 5.75 Å².